The van der Waals surface area contributed by atoms with Crippen LogP contribution < -0.4 is 5.32 Å². The molecule has 1 heterocycles. The van der Waals surface area contributed by atoms with Gasteiger partial charge in [0.2, 0.25) is 0 Å². The van der Waals surface area contributed by atoms with Crippen LogP contribution in [-0.2, 0) is 0 Å². The van der Waals surface area contributed by atoms with Crippen molar-refractivity contribution < 1.29 is 0 Å². The van der Waals surface area contributed by atoms with Crippen LogP contribution in [0.15, 0.2) is 0 Å². The monoisotopic (exact) mass is 286 g/mol. The van der Waals surface area contributed by atoms with Gasteiger partial charge in [0.1, 0.15) is 0 Å². The maximum absolute atomic E-state index is 4.28. The highest BCUT2D eigenvalue weighted by atomic mass is 32.1. The summed E-state index contributed by atoms with van der Waals surface area (Å²) in [6, 6.07) is 0. The van der Waals surface area contributed by atoms with Crippen molar-refractivity contribution in [2.75, 3.05) is 39.0 Å². The Bertz CT molecular complexity index is 211. The summed E-state index contributed by atoms with van der Waals surface area (Å²) in [5, 5.41) is 3.57. The van der Waals surface area contributed by atoms with Crippen molar-refractivity contribution in [2.24, 2.45) is 11.8 Å². The highest BCUT2D eigenvalue weighted by Crippen LogP contribution is 2.26. The standard InChI is InChI=1S/C16H34N2S/c1-3-15(14-17-10-13-19)16-8-6-4-5-7-11-18(2)12-9-16/h15-17,19H,3-14H2,1-2H3. The highest BCUT2D eigenvalue weighted by molar-refractivity contribution is 7.80. The van der Waals surface area contributed by atoms with E-state index in [4.69, 9.17) is 0 Å². The summed E-state index contributed by atoms with van der Waals surface area (Å²) in [6.45, 7) is 7.17. The van der Waals surface area contributed by atoms with E-state index in [1.54, 1.807) is 0 Å². The number of hydrogen-bond acceptors (Lipinski definition) is 3. The fraction of sp³-hybridized carbons (Fsp3) is 1.00. The molecule has 2 atom stereocenters. The van der Waals surface area contributed by atoms with Crippen molar-refractivity contribution in [2.45, 2.75) is 51.9 Å². The lowest BCUT2D eigenvalue weighted by atomic mass is 9.83. The molecule has 19 heavy (non-hydrogen) atoms. The maximum atomic E-state index is 4.28. The van der Waals surface area contributed by atoms with E-state index in [-0.39, 0.29) is 0 Å². The molecule has 2 unspecified atom stereocenters. The SMILES string of the molecule is CCC(CNCCS)C1CCCCCCN(C)CC1. The molecule has 0 spiro atoms. The van der Waals surface area contributed by atoms with E-state index in [9.17, 15) is 0 Å². The fourth-order valence-corrected chi connectivity index (χ4v) is 3.42. The topological polar surface area (TPSA) is 15.3 Å². The van der Waals surface area contributed by atoms with Gasteiger partial charge < -0.3 is 10.2 Å². The molecule has 0 aliphatic carbocycles. The molecule has 0 aromatic rings. The van der Waals surface area contributed by atoms with Gasteiger partial charge in [-0.05, 0) is 51.4 Å². The molecule has 1 N–H and O–H groups in total. The van der Waals surface area contributed by atoms with Gasteiger partial charge in [0, 0.05) is 12.3 Å². The molecule has 0 amide bonds. The van der Waals surface area contributed by atoms with Crippen molar-refractivity contribution in [3.8, 4) is 0 Å². The van der Waals surface area contributed by atoms with Gasteiger partial charge in [0.25, 0.3) is 0 Å². The molecule has 1 rings (SSSR count). The van der Waals surface area contributed by atoms with Crippen LogP contribution in [0, 0.1) is 11.8 Å². The first kappa shape index (κ1) is 17.3. The Kier molecular flexibility index (Phi) is 10.0. The molecule has 0 bridgehead atoms. The lowest BCUT2D eigenvalue weighted by molar-refractivity contribution is 0.217. The van der Waals surface area contributed by atoms with E-state index in [1.165, 1.54) is 64.6 Å². The van der Waals surface area contributed by atoms with Crippen LogP contribution in [0.25, 0.3) is 0 Å². The van der Waals surface area contributed by atoms with E-state index in [0.29, 0.717) is 0 Å². The van der Waals surface area contributed by atoms with E-state index >= 15 is 0 Å². The molecule has 2 nitrogen and oxygen atoms in total. The molecule has 3 heteroatoms. The van der Waals surface area contributed by atoms with Gasteiger partial charge in [-0.2, -0.15) is 12.6 Å². The van der Waals surface area contributed by atoms with E-state index < -0.39 is 0 Å². The average Bonchev–Trinajstić information content (AvgIpc) is 2.43. The molecule has 1 saturated heterocycles. The van der Waals surface area contributed by atoms with E-state index in [0.717, 1.165) is 24.1 Å². The predicted octanol–water partition coefficient (Wildman–Crippen LogP) is 3.43. The van der Waals surface area contributed by atoms with Crippen LogP contribution in [0.4, 0.5) is 0 Å². The largest absolute Gasteiger partial charge is 0.316 e. The zero-order valence-electron chi connectivity index (χ0n) is 13.0. The van der Waals surface area contributed by atoms with Crippen LogP contribution in [0.5, 0.6) is 0 Å². The summed E-state index contributed by atoms with van der Waals surface area (Å²) in [7, 11) is 2.29. The Morgan fingerprint density at radius 1 is 1.16 bits per heavy atom. The van der Waals surface area contributed by atoms with Crippen molar-refractivity contribution >= 4 is 12.6 Å². The van der Waals surface area contributed by atoms with Crippen LogP contribution in [0.1, 0.15) is 51.9 Å². The zero-order valence-corrected chi connectivity index (χ0v) is 13.9. The van der Waals surface area contributed by atoms with Gasteiger partial charge in [-0.25, -0.2) is 0 Å². The second kappa shape index (κ2) is 11.0. The number of nitrogens with one attached hydrogen (secondary N) is 1. The summed E-state index contributed by atoms with van der Waals surface area (Å²) in [5.41, 5.74) is 0. The lowest BCUT2D eigenvalue weighted by Crippen LogP contribution is -2.32. The Hall–Kier alpha value is 0.270. The van der Waals surface area contributed by atoms with Crippen molar-refractivity contribution in [3.63, 3.8) is 0 Å². The Morgan fingerprint density at radius 3 is 2.68 bits per heavy atom. The van der Waals surface area contributed by atoms with Crippen molar-refractivity contribution in [3.05, 3.63) is 0 Å². The highest BCUT2D eigenvalue weighted by Gasteiger charge is 2.20. The first-order valence-electron chi connectivity index (χ1n) is 8.28. The molecule has 114 valence electrons. The molecule has 0 aromatic carbocycles. The third-order valence-electron chi connectivity index (χ3n) is 4.63. The second-order valence-electron chi connectivity index (χ2n) is 6.15. The molecule has 1 aliphatic heterocycles. The molecule has 1 aliphatic rings. The van der Waals surface area contributed by atoms with Crippen LogP contribution >= 0.6 is 12.6 Å². The number of rotatable bonds is 6. The summed E-state index contributed by atoms with van der Waals surface area (Å²) in [4.78, 5) is 2.53. The maximum Gasteiger partial charge on any atom is 0.00398 e. The quantitative estimate of drug-likeness (QED) is 0.574. The van der Waals surface area contributed by atoms with Gasteiger partial charge >= 0.3 is 0 Å². The minimum Gasteiger partial charge on any atom is -0.316 e. The van der Waals surface area contributed by atoms with Gasteiger partial charge in [-0.15, -0.1) is 0 Å². The third kappa shape index (κ3) is 7.57. The van der Waals surface area contributed by atoms with E-state index in [1.807, 2.05) is 0 Å². The van der Waals surface area contributed by atoms with Crippen molar-refractivity contribution in [1.82, 2.24) is 10.2 Å². The van der Waals surface area contributed by atoms with Crippen molar-refractivity contribution in [1.29, 1.82) is 0 Å². The first-order valence-corrected chi connectivity index (χ1v) is 8.91. The lowest BCUT2D eigenvalue weighted by Gasteiger charge is -2.29. The fourth-order valence-electron chi connectivity index (χ4n) is 3.27. The van der Waals surface area contributed by atoms with E-state index in [2.05, 4.69) is 36.8 Å². The minimum atomic E-state index is 0.854. The number of thiol groups is 1. The molecule has 0 aromatic heterocycles. The normalized spacial score (nSPS) is 25.1. The molecule has 0 saturated carbocycles. The third-order valence-corrected chi connectivity index (χ3v) is 4.86. The predicted molar refractivity (Wildman–Crippen MR) is 89.2 cm³/mol. The number of hydrogen-bond donors (Lipinski definition) is 2. The van der Waals surface area contributed by atoms with Gasteiger partial charge in [-0.3, -0.25) is 0 Å². The van der Waals surface area contributed by atoms with Crippen LogP contribution in [0.2, 0.25) is 0 Å². The Balaban J connectivity index is 2.43. The van der Waals surface area contributed by atoms with Gasteiger partial charge in [-0.1, -0.05) is 39.0 Å². The number of nitrogens with zero attached hydrogens (tertiary/aromatic N) is 1. The molecule has 1 fully saturated rings. The minimum absolute atomic E-state index is 0.854. The van der Waals surface area contributed by atoms with Crippen LogP contribution in [-0.4, -0.2) is 43.9 Å². The molecular formula is C16H34N2S. The average molecular weight is 287 g/mol. The molecule has 0 radical (unpaired) electrons. The summed E-state index contributed by atoms with van der Waals surface area (Å²) in [6.07, 6.45) is 9.83. The smallest absolute Gasteiger partial charge is 0.00398 e. The summed E-state index contributed by atoms with van der Waals surface area (Å²) >= 11 is 4.28. The second-order valence-corrected chi connectivity index (χ2v) is 6.60. The summed E-state index contributed by atoms with van der Waals surface area (Å²) in [5.74, 6) is 2.72. The van der Waals surface area contributed by atoms with Gasteiger partial charge in [0.05, 0.1) is 0 Å². The Morgan fingerprint density at radius 2 is 1.95 bits per heavy atom. The zero-order chi connectivity index (χ0) is 13.9. The first-order chi connectivity index (χ1) is 9.27. The Labute approximate surface area is 126 Å². The van der Waals surface area contributed by atoms with Crippen LogP contribution in [0.3, 0.4) is 0 Å². The summed E-state index contributed by atoms with van der Waals surface area (Å²) < 4.78 is 0. The van der Waals surface area contributed by atoms with Gasteiger partial charge in [0.15, 0.2) is 0 Å². The molecular weight excluding hydrogens is 252 g/mol.